The van der Waals surface area contributed by atoms with E-state index in [0.717, 1.165) is 21.4 Å². The number of hydrogen-bond donors (Lipinski definition) is 0. The van der Waals surface area contributed by atoms with E-state index in [1.54, 1.807) is 0 Å². The molecular formula is C16H11BrO. The normalized spacial score (nSPS) is 10.5. The van der Waals surface area contributed by atoms with E-state index in [2.05, 4.69) is 34.1 Å². The Morgan fingerprint density at radius 1 is 0.778 bits per heavy atom. The molecule has 0 aliphatic rings. The molecule has 3 rings (SSSR count). The van der Waals surface area contributed by atoms with E-state index >= 15 is 0 Å². The Kier molecular flexibility index (Phi) is 3.03. The molecule has 0 fully saturated rings. The van der Waals surface area contributed by atoms with E-state index in [0.29, 0.717) is 0 Å². The third-order valence-corrected chi connectivity index (χ3v) is 3.27. The Morgan fingerprint density at radius 2 is 1.56 bits per heavy atom. The Bertz CT molecular complexity index is 686. The molecule has 0 aliphatic heterocycles. The van der Waals surface area contributed by atoms with Gasteiger partial charge in [-0.25, -0.2) is 0 Å². The van der Waals surface area contributed by atoms with Crippen LogP contribution in [0.2, 0.25) is 0 Å². The highest BCUT2D eigenvalue weighted by Crippen LogP contribution is 2.30. The van der Waals surface area contributed by atoms with Gasteiger partial charge in [-0.1, -0.05) is 58.4 Å². The summed E-state index contributed by atoms with van der Waals surface area (Å²) in [6.45, 7) is 0. The van der Waals surface area contributed by atoms with Gasteiger partial charge >= 0.3 is 0 Å². The number of hydrogen-bond acceptors (Lipinski definition) is 1. The van der Waals surface area contributed by atoms with E-state index < -0.39 is 0 Å². The van der Waals surface area contributed by atoms with Crippen molar-refractivity contribution < 1.29 is 4.74 Å². The highest BCUT2D eigenvalue weighted by molar-refractivity contribution is 9.10. The molecule has 0 unspecified atom stereocenters. The minimum atomic E-state index is 0.834. The molecule has 0 saturated heterocycles. The Hall–Kier alpha value is -1.80. The minimum Gasteiger partial charge on any atom is -0.457 e. The lowest BCUT2D eigenvalue weighted by Gasteiger charge is -2.09. The molecule has 0 aliphatic carbocycles. The molecule has 0 amide bonds. The summed E-state index contributed by atoms with van der Waals surface area (Å²) >= 11 is 3.45. The van der Waals surface area contributed by atoms with Crippen molar-refractivity contribution >= 4 is 26.7 Å². The quantitative estimate of drug-likeness (QED) is 0.616. The van der Waals surface area contributed by atoms with Crippen molar-refractivity contribution in [2.24, 2.45) is 0 Å². The summed E-state index contributed by atoms with van der Waals surface area (Å²) in [7, 11) is 0. The van der Waals surface area contributed by atoms with Crippen LogP contribution in [0.3, 0.4) is 0 Å². The van der Waals surface area contributed by atoms with Crippen molar-refractivity contribution in [3.63, 3.8) is 0 Å². The molecule has 0 N–H and O–H groups in total. The van der Waals surface area contributed by atoms with Gasteiger partial charge < -0.3 is 4.74 Å². The first kappa shape index (κ1) is 11.3. The van der Waals surface area contributed by atoms with Crippen LogP contribution in [0, 0.1) is 0 Å². The Morgan fingerprint density at radius 3 is 2.44 bits per heavy atom. The zero-order valence-electron chi connectivity index (χ0n) is 9.64. The van der Waals surface area contributed by atoms with Crippen LogP contribution in [0.15, 0.2) is 71.2 Å². The van der Waals surface area contributed by atoms with Gasteiger partial charge in [-0.3, -0.25) is 0 Å². The first-order valence-electron chi connectivity index (χ1n) is 5.74. The van der Waals surface area contributed by atoms with Crippen molar-refractivity contribution in [3.8, 4) is 11.5 Å². The molecule has 0 aromatic heterocycles. The van der Waals surface area contributed by atoms with Gasteiger partial charge in [-0.05, 0) is 29.7 Å². The molecular weight excluding hydrogens is 288 g/mol. The Labute approximate surface area is 114 Å². The molecule has 0 spiro atoms. The van der Waals surface area contributed by atoms with Gasteiger partial charge in [-0.15, -0.1) is 0 Å². The summed E-state index contributed by atoms with van der Waals surface area (Å²) in [6, 6.07) is 22.2. The number of fused-ring (bicyclic) bond motifs is 1. The lowest BCUT2D eigenvalue weighted by atomic mass is 10.1. The van der Waals surface area contributed by atoms with Crippen LogP contribution in [0.5, 0.6) is 11.5 Å². The Balaban J connectivity index is 2.05. The molecule has 0 heterocycles. The number of rotatable bonds is 2. The fourth-order valence-corrected chi connectivity index (χ4v) is 2.32. The molecule has 0 atom stereocenters. The van der Waals surface area contributed by atoms with Crippen molar-refractivity contribution in [2.75, 3.05) is 0 Å². The predicted octanol–water partition coefficient (Wildman–Crippen LogP) is 5.39. The molecule has 3 aromatic carbocycles. The van der Waals surface area contributed by atoms with Crippen LogP contribution in [0.4, 0.5) is 0 Å². The summed E-state index contributed by atoms with van der Waals surface area (Å²) in [5.74, 6) is 1.71. The molecule has 0 radical (unpaired) electrons. The van der Waals surface area contributed by atoms with Crippen LogP contribution in [0.25, 0.3) is 10.8 Å². The van der Waals surface area contributed by atoms with Crippen molar-refractivity contribution in [2.45, 2.75) is 0 Å². The lowest BCUT2D eigenvalue weighted by Crippen LogP contribution is -1.85. The van der Waals surface area contributed by atoms with Crippen LogP contribution >= 0.6 is 15.9 Å². The maximum atomic E-state index is 5.94. The fraction of sp³-hybridized carbons (Fsp3) is 0. The van der Waals surface area contributed by atoms with E-state index in [1.165, 1.54) is 5.39 Å². The molecule has 0 saturated carbocycles. The highest BCUT2D eigenvalue weighted by Gasteiger charge is 2.02. The van der Waals surface area contributed by atoms with E-state index in [1.807, 2.05) is 48.5 Å². The van der Waals surface area contributed by atoms with Gasteiger partial charge in [0, 0.05) is 9.86 Å². The average Bonchev–Trinajstić information content (AvgIpc) is 2.39. The van der Waals surface area contributed by atoms with Gasteiger partial charge in [0.25, 0.3) is 0 Å². The summed E-state index contributed by atoms with van der Waals surface area (Å²) < 4.78 is 6.96. The van der Waals surface area contributed by atoms with Crippen LogP contribution < -0.4 is 4.74 Å². The van der Waals surface area contributed by atoms with E-state index in [9.17, 15) is 0 Å². The summed E-state index contributed by atoms with van der Waals surface area (Å²) in [5, 5.41) is 2.31. The number of benzene rings is 3. The zero-order valence-corrected chi connectivity index (χ0v) is 11.2. The van der Waals surface area contributed by atoms with Crippen LogP contribution in [-0.4, -0.2) is 0 Å². The maximum absolute atomic E-state index is 5.94. The fourth-order valence-electron chi connectivity index (χ4n) is 1.94. The van der Waals surface area contributed by atoms with Crippen LogP contribution in [0.1, 0.15) is 0 Å². The number of ether oxygens (including phenoxy) is 1. The summed E-state index contributed by atoms with van der Waals surface area (Å²) in [5.41, 5.74) is 0. The minimum absolute atomic E-state index is 0.834. The second-order valence-corrected chi connectivity index (χ2v) is 4.95. The van der Waals surface area contributed by atoms with Gasteiger partial charge in [-0.2, -0.15) is 0 Å². The van der Waals surface area contributed by atoms with Crippen molar-refractivity contribution in [3.05, 3.63) is 71.2 Å². The van der Waals surface area contributed by atoms with E-state index in [4.69, 9.17) is 4.74 Å². The van der Waals surface area contributed by atoms with Crippen LogP contribution in [-0.2, 0) is 0 Å². The highest BCUT2D eigenvalue weighted by atomic mass is 79.9. The topological polar surface area (TPSA) is 9.23 Å². The molecule has 1 nitrogen and oxygen atoms in total. The SMILES string of the molecule is Brc1cccc(Oc2cccc3ccccc23)c1. The third kappa shape index (κ3) is 2.24. The molecule has 2 heteroatoms. The van der Waals surface area contributed by atoms with Gasteiger partial charge in [0.05, 0.1) is 0 Å². The maximum Gasteiger partial charge on any atom is 0.135 e. The number of halogens is 1. The first-order chi connectivity index (χ1) is 8.83. The van der Waals surface area contributed by atoms with E-state index in [-0.39, 0.29) is 0 Å². The first-order valence-corrected chi connectivity index (χ1v) is 6.53. The molecule has 0 bridgehead atoms. The van der Waals surface area contributed by atoms with Gasteiger partial charge in [0.1, 0.15) is 11.5 Å². The zero-order chi connectivity index (χ0) is 12.4. The standard InChI is InChI=1S/C16H11BrO/c17-13-7-4-8-14(11-13)18-16-10-3-6-12-5-1-2-9-15(12)16/h1-11H. The molecule has 3 aromatic rings. The third-order valence-electron chi connectivity index (χ3n) is 2.77. The van der Waals surface area contributed by atoms with Gasteiger partial charge in [0.2, 0.25) is 0 Å². The summed E-state index contributed by atoms with van der Waals surface area (Å²) in [6.07, 6.45) is 0. The lowest BCUT2D eigenvalue weighted by molar-refractivity contribution is 0.488. The average molecular weight is 299 g/mol. The van der Waals surface area contributed by atoms with Crippen molar-refractivity contribution in [1.29, 1.82) is 0 Å². The monoisotopic (exact) mass is 298 g/mol. The second kappa shape index (κ2) is 4.83. The smallest absolute Gasteiger partial charge is 0.135 e. The molecule has 88 valence electrons. The summed E-state index contributed by atoms with van der Waals surface area (Å²) in [4.78, 5) is 0. The van der Waals surface area contributed by atoms with Gasteiger partial charge in [0.15, 0.2) is 0 Å². The second-order valence-electron chi connectivity index (χ2n) is 4.04. The molecule has 18 heavy (non-hydrogen) atoms. The largest absolute Gasteiger partial charge is 0.457 e. The predicted molar refractivity (Wildman–Crippen MR) is 78.2 cm³/mol. The van der Waals surface area contributed by atoms with Crippen molar-refractivity contribution in [1.82, 2.24) is 0 Å².